The van der Waals surface area contributed by atoms with Crippen molar-refractivity contribution in [3.8, 4) is 11.8 Å². The number of rotatable bonds is 12. The maximum atomic E-state index is 13.3. The van der Waals surface area contributed by atoms with Crippen molar-refractivity contribution in [2.24, 2.45) is 5.92 Å². The van der Waals surface area contributed by atoms with Crippen LogP contribution < -0.4 is 10.4 Å². The molecular formula is C38H48O5PSi+. The minimum atomic E-state index is -3.04. The molecule has 45 heavy (non-hydrogen) atoms. The van der Waals surface area contributed by atoms with E-state index in [1.165, 1.54) is 43.2 Å². The second-order valence-electron chi connectivity index (χ2n) is 13.4. The summed E-state index contributed by atoms with van der Waals surface area (Å²) in [6, 6.07) is 24.5. The first-order chi connectivity index (χ1) is 21.5. The molecule has 3 aromatic carbocycles. The van der Waals surface area contributed by atoms with Gasteiger partial charge in [-0.25, -0.2) is 0 Å². The van der Waals surface area contributed by atoms with Crippen LogP contribution in [0.1, 0.15) is 81.5 Å². The Kier molecular flexibility index (Phi) is 12.3. The van der Waals surface area contributed by atoms with Crippen molar-refractivity contribution in [3.05, 3.63) is 95.1 Å². The van der Waals surface area contributed by atoms with Crippen molar-refractivity contribution in [1.82, 2.24) is 0 Å². The number of carbonyl (C=O) groups is 1. The lowest BCUT2D eigenvalue weighted by Gasteiger charge is -2.44. The van der Waals surface area contributed by atoms with Crippen LogP contribution in [0.25, 0.3) is 0 Å². The summed E-state index contributed by atoms with van der Waals surface area (Å²) in [5.41, 5.74) is 4.73. The van der Waals surface area contributed by atoms with Crippen LogP contribution in [0.3, 0.4) is 0 Å². The molecule has 0 aromatic heterocycles. The van der Waals surface area contributed by atoms with Crippen LogP contribution in [0, 0.1) is 31.6 Å². The fourth-order valence-electron chi connectivity index (χ4n) is 6.82. The lowest BCUT2D eigenvalue weighted by molar-refractivity contribution is -0.138. The molecule has 2 atom stereocenters. The van der Waals surface area contributed by atoms with E-state index in [0.29, 0.717) is 5.92 Å². The third-order valence-corrected chi connectivity index (χ3v) is 15.0. The number of carboxylic acid groups (broad SMARTS) is 1. The van der Waals surface area contributed by atoms with Crippen LogP contribution >= 0.6 is 8.03 Å². The normalized spacial score (nSPS) is 15.2. The van der Waals surface area contributed by atoms with Gasteiger partial charge >= 0.3 is 14.0 Å². The average Bonchev–Trinajstić information content (AvgIpc) is 2.99. The highest BCUT2D eigenvalue weighted by atomic mass is 31.1. The van der Waals surface area contributed by atoms with E-state index >= 15 is 0 Å². The first-order valence-electron chi connectivity index (χ1n) is 16.2. The van der Waals surface area contributed by atoms with Crippen LogP contribution in [0.15, 0.2) is 72.8 Å². The summed E-state index contributed by atoms with van der Waals surface area (Å²) in [4.78, 5) is 12.0. The molecule has 0 aliphatic heterocycles. The molecule has 238 valence electrons. The highest BCUT2D eigenvalue weighted by Gasteiger charge is 2.52. The number of hydrogen-bond donors (Lipinski definition) is 1. The summed E-state index contributed by atoms with van der Waals surface area (Å²) in [6.07, 6.45) is 6.44. The molecule has 5 nitrogen and oxygen atoms in total. The van der Waals surface area contributed by atoms with Gasteiger partial charge in [-0.2, -0.15) is 0 Å². The molecule has 0 amide bonds. The van der Waals surface area contributed by atoms with E-state index in [-0.39, 0.29) is 24.2 Å². The van der Waals surface area contributed by atoms with E-state index < -0.39 is 28.4 Å². The number of hydrogen-bond acceptors (Lipinski definition) is 4. The Morgan fingerprint density at radius 2 is 1.58 bits per heavy atom. The number of benzene rings is 3. The summed E-state index contributed by atoms with van der Waals surface area (Å²) >= 11 is 0. The van der Waals surface area contributed by atoms with Crippen LogP contribution in [0.5, 0.6) is 0 Å². The Balaban J connectivity index is 1.53. The molecule has 1 unspecified atom stereocenters. The van der Waals surface area contributed by atoms with Crippen LogP contribution in [-0.2, 0) is 24.7 Å². The number of aryl methyl sites for hydroxylation is 2. The van der Waals surface area contributed by atoms with E-state index in [1.807, 2.05) is 36.4 Å². The van der Waals surface area contributed by atoms with Gasteiger partial charge in [-0.3, -0.25) is 4.79 Å². The van der Waals surface area contributed by atoms with Gasteiger partial charge < -0.3 is 9.53 Å². The van der Waals surface area contributed by atoms with Gasteiger partial charge in [0.2, 0.25) is 6.16 Å². The molecule has 3 aromatic rings. The molecule has 1 fully saturated rings. The highest BCUT2D eigenvalue weighted by molar-refractivity contribution is 7.39. The Hall–Kier alpha value is -3.07. The summed E-state index contributed by atoms with van der Waals surface area (Å²) in [6.45, 7) is 10.6. The molecule has 0 radical (unpaired) electrons. The molecule has 0 heterocycles. The van der Waals surface area contributed by atoms with Gasteiger partial charge in [-0.1, -0.05) is 143 Å². The van der Waals surface area contributed by atoms with E-state index in [9.17, 15) is 14.5 Å². The zero-order valence-electron chi connectivity index (χ0n) is 27.5. The smallest absolute Gasteiger partial charge is 0.481 e. The first kappa shape index (κ1) is 34.8. The Bertz CT molecular complexity index is 1460. The summed E-state index contributed by atoms with van der Waals surface area (Å²) in [5, 5.41) is 11.6. The van der Waals surface area contributed by atoms with Gasteiger partial charge in [0.05, 0.1) is 6.42 Å². The molecule has 1 saturated carbocycles. The minimum Gasteiger partial charge on any atom is -0.481 e. The number of aliphatic carboxylic acids is 1. The Labute approximate surface area is 271 Å². The van der Waals surface area contributed by atoms with Crippen molar-refractivity contribution < 1.29 is 23.4 Å². The van der Waals surface area contributed by atoms with E-state index in [4.69, 9.17) is 8.95 Å². The summed E-state index contributed by atoms with van der Waals surface area (Å²) in [7, 11) is -5.25. The largest absolute Gasteiger partial charge is 0.511 e. The average molecular weight is 644 g/mol. The van der Waals surface area contributed by atoms with Crippen molar-refractivity contribution in [2.45, 2.75) is 90.7 Å². The third kappa shape index (κ3) is 9.24. The van der Waals surface area contributed by atoms with E-state index in [0.717, 1.165) is 27.9 Å². The molecule has 4 rings (SSSR count). The van der Waals surface area contributed by atoms with Crippen molar-refractivity contribution in [2.75, 3.05) is 12.8 Å². The molecule has 1 N–H and O–H groups in total. The lowest BCUT2D eigenvalue weighted by atomic mass is 9.83. The topological polar surface area (TPSA) is 72.8 Å². The summed E-state index contributed by atoms with van der Waals surface area (Å²) < 4.78 is 26.0. The van der Waals surface area contributed by atoms with Crippen molar-refractivity contribution >= 4 is 32.7 Å². The monoisotopic (exact) mass is 643 g/mol. The Morgan fingerprint density at radius 3 is 2.13 bits per heavy atom. The first-order valence-corrected chi connectivity index (χ1v) is 19.4. The van der Waals surface area contributed by atoms with Crippen LogP contribution in [0.4, 0.5) is 0 Å². The minimum absolute atomic E-state index is 0.00436. The van der Waals surface area contributed by atoms with Crippen molar-refractivity contribution in [3.63, 3.8) is 0 Å². The summed E-state index contributed by atoms with van der Waals surface area (Å²) in [5.74, 6) is 6.13. The predicted molar refractivity (Wildman–Crippen MR) is 186 cm³/mol. The lowest BCUT2D eigenvalue weighted by Crippen LogP contribution is -2.68. The van der Waals surface area contributed by atoms with Gasteiger partial charge in [-0.05, 0) is 57.3 Å². The predicted octanol–water partition coefficient (Wildman–Crippen LogP) is 7.96. The molecule has 0 saturated heterocycles. The molecule has 7 heteroatoms. The van der Waals surface area contributed by atoms with Crippen molar-refractivity contribution in [1.29, 1.82) is 0 Å². The standard InChI is InChI=1S/C38H47O5PSi/c1-29-24-30(2)36(32(25-29)26-31-16-9-6-10-17-31)22-15-23-42-44(41)28-33(27-37(39)40)43-45(38(3,4)5,34-18-11-7-12-19-34)35-20-13-8-14-21-35/h7-8,11-14,18-21,24-25,31,33H,6,9-10,16-17,23,26-28H2,1-5H3/p+1/t33-/m0/s1. The molecule has 1 aliphatic rings. The quantitative estimate of drug-likeness (QED) is 0.123. The van der Waals surface area contributed by atoms with Gasteiger partial charge in [-0.15, -0.1) is 4.52 Å². The van der Waals surface area contributed by atoms with Crippen LogP contribution in [0.2, 0.25) is 5.04 Å². The van der Waals surface area contributed by atoms with E-state index in [2.05, 4.69) is 82.9 Å². The zero-order valence-corrected chi connectivity index (χ0v) is 29.4. The van der Waals surface area contributed by atoms with Gasteiger partial charge in [0.25, 0.3) is 8.32 Å². The molecule has 0 spiro atoms. The maximum absolute atomic E-state index is 13.3. The second-order valence-corrected chi connectivity index (χ2v) is 19.0. The fourth-order valence-corrected chi connectivity index (χ4v) is 12.5. The van der Waals surface area contributed by atoms with Gasteiger partial charge in [0.1, 0.15) is 6.10 Å². The zero-order chi connectivity index (χ0) is 32.5. The van der Waals surface area contributed by atoms with E-state index in [1.54, 1.807) is 0 Å². The van der Waals surface area contributed by atoms with Gasteiger partial charge in [0, 0.05) is 5.56 Å². The highest BCUT2D eigenvalue weighted by Crippen LogP contribution is 2.39. The fraction of sp³-hybridized carbons (Fsp3) is 0.447. The van der Waals surface area contributed by atoms with Gasteiger partial charge in [0.15, 0.2) is 6.61 Å². The third-order valence-electron chi connectivity index (χ3n) is 8.80. The Morgan fingerprint density at radius 1 is 0.978 bits per heavy atom. The van der Waals surface area contributed by atoms with Crippen LogP contribution in [-0.4, -0.2) is 38.3 Å². The second kappa shape index (κ2) is 16.0. The molecule has 1 aliphatic carbocycles. The molecule has 0 bridgehead atoms. The molecular weight excluding hydrogens is 595 g/mol. The maximum Gasteiger partial charge on any atom is 0.511 e. The SMILES string of the molecule is Cc1cc(C)c(C#CCO[P+](=O)C[C@H](CC(=O)O)O[Si](c2ccccc2)(c2ccccc2)C(C)(C)C)c(CC2CCCCC2)c1. The number of carboxylic acids is 1.